The Hall–Kier alpha value is -4.07. The molecule has 0 atom stereocenters. The molecule has 4 aromatic rings. The molecule has 0 spiro atoms. The summed E-state index contributed by atoms with van der Waals surface area (Å²) in [6.45, 7) is 0.205. The number of ether oxygens (including phenoxy) is 1. The van der Waals surface area contributed by atoms with Crippen LogP contribution in [0.2, 0.25) is 0 Å². The molecule has 8 heteroatoms. The quantitative estimate of drug-likeness (QED) is 0.389. The van der Waals surface area contributed by atoms with Gasteiger partial charge >= 0.3 is 0 Å². The Morgan fingerprint density at radius 3 is 2.50 bits per heavy atom. The number of benzene rings is 3. The van der Waals surface area contributed by atoms with Crippen molar-refractivity contribution in [3.05, 3.63) is 102 Å². The second-order valence-electron chi connectivity index (χ2n) is 7.64. The van der Waals surface area contributed by atoms with Crippen molar-refractivity contribution in [1.29, 1.82) is 0 Å². The molecule has 0 fully saturated rings. The monoisotopic (exact) mass is 465 g/mol. The lowest BCUT2D eigenvalue weighted by molar-refractivity contribution is -0.121. The fraction of sp³-hybridized carbons (Fsp3) is 0.154. The Morgan fingerprint density at radius 2 is 1.76 bits per heavy atom. The lowest BCUT2D eigenvalue weighted by Gasteiger charge is -2.09. The molecule has 0 bridgehead atoms. The summed E-state index contributed by atoms with van der Waals surface area (Å²) < 4.78 is 48.5. The van der Waals surface area contributed by atoms with Gasteiger partial charge in [0.25, 0.3) is 0 Å². The number of rotatable bonds is 8. The van der Waals surface area contributed by atoms with Crippen LogP contribution < -0.4 is 10.1 Å². The second kappa shape index (κ2) is 10.2. The van der Waals surface area contributed by atoms with E-state index in [1.807, 2.05) is 0 Å². The van der Waals surface area contributed by atoms with Gasteiger partial charge in [-0.2, -0.15) is 5.10 Å². The van der Waals surface area contributed by atoms with Crippen LogP contribution in [0.15, 0.2) is 72.8 Å². The summed E-state index contributed by atoms with van der Waals surface area (Å²) in [5.41, 5.74) is 2.24. The van der Waals surface area contributed by atoms with Crippen LogP contribution in [0.25, 0.3) is 16.9 Å². The van der Waals surface area contributed by atoms with Gasteiger partial charge < -0.3 is 10.1 Å². The predicted molar refractivity (Wildman–Crippen MR) is 122 cm³/mol. The van der Waals surface area contributed by atoms with E-state index in [4.69, 9.17) is 4.74 Å². The van der Waals surface area contributed by atoms with Crippen LogP contribution in [0.5, 0.6) is 5.75 Å². The van der Waals surface area contributed by atoms with Gasteiger partial charge in [-0.15, -0.1) is 0 Å². The normalized spacial score (nSPS) is 10.8. The molecule has 0 saturated heterocycles. The molecule has 0 aliphatic heterocycles. The minimum Gasteiger partial charge on any atom is -0.497 e. The van der Waals surface area contributed by atoms with E-state index < -0.39 is 11.6 Å². The van der Waals surface area contributed by atoms with Crippen molar-refractivity contribution in [2.24, 2.45) is 0 Å². The summed E-state index contributed by atoms with van der Waals surface area (Å²) in [5.74, 6) is -1.89. The number of halogens is 3. The van der Waals surface area contributed by atoms with Crippen molar-refractivity contribution >= 4 is 5.91 Å². The number of methoxy groups -OCH3 is 1. The van der Waals surface area contributed by atoms with Gasteiger partial charge in [0, 0.05) is 24.9 Å². The van der Waals surface area contributed by atoms with E-state index in [-0.39, 0.29) is 36.7 Å². The Morgan fingerprint density at radius 1 is 1.00 bits per heavy atom. The SMILES string of the molecule is COc1ccc(-n2nc(CCC(=O)NCc3cccc(F)c3)cc2-c2cccc(F)c2F)cc1. The molecule has 0 saturated carbocycles. The molecule has 0 radical (unpaired) electrons. The van der Waals surface area contributed by atoms with Crippen molar-refractivity contribution < 1.29 is 22.7 Å². The van der Waals surface area contributed by atoms with Crippen LogP contribution in [0.1, 0.15) is 17.7 Å². The van der Waals surface area contributed by atoms with Crippen molar-refractivity contribution in [2.45, 2.75) is 19.4 Å². The van der Waals surface area contributed by atoms with Crippen molar-refractivity contribution in [3.8, 4) is 22.7 Å². The van der Waals surface area contributed by atoms with E-state index in [9.17, 15) is 18.0 Å². The molecular weight excluding hydrogens is 443 g/mol. The number of hydrogen-bond donors (Lipinski definition) is 1. The lowest BCUT2D eigenvalue weighted by atomic mass is 10.1. The summed E-state index contributed by atoms with van der Waals surface area (Å²) >= 11 is 0. The number of carbonyl (C=O) groups excluding carboxylic acids is 1. The highest BCUT2D eigenvalue weighted by molar-refractivity contribution is 5.76. The number of aryl methyl sites for hydroxylation is 1. The van der Waals surface area contributed by atoms with Gasteiger partial charge in [0.1, 0.15) is 11.6 Å². The molecular formula is C26H22F3N3O2. The van der Waals surface area contributed by atoms with Gasteiger partial charge in [-0.1, -0.05) is 18.2 Å². The van der Waals surface area contributed by atoms with Gasteiger partial charge in [0.15, 0.2) is 11.6 Å². The molecule has 1 N–H and O–H groups in total. The molecule has 0 aliphatic carbocycles. The molecule has 1 aromatic heterocycles. The lowest BCUT2D eigenvalue weighted by Crippen LogP contribution is -2.23. The van der Waals surface area contributed by atoms with Crippen LogP contribution in [0, 0.1) is 17.5 Å². The Bertz CT molecular complexity index is 1300. The largest absolute Gasteiger partial charge is 0.497 e. The van der Waals surface area contributed by atoms with Crippen LogP contribution in [-0.4, -0.2) is 22.8 Å². The van der Waals surface area contributed by atoms with E-state index in [0.717, 1.165) is 6.07 Å². The zero-order valence-electron chi connectivity index (χ0n) is 18.4. The maximum Gasteiger partial charge on any atom is 0.220 e. The first kappa shape index (κ1) is 23.1. The third-order valence-electron chi connectivity index (χ3n) is 5.29. The molecule has 1 heterocycles. The number of aromatic nitrogens is 2. The summed E-state index contributed by atoms with van der Waals surface area (Å²) in [5, 5.41) is 7.29. The van der Waals surface area contributed by atoms with Crippen LogP contribution in [-0.2, 0) is 17.8 Å². The van der Waals surface area contributed by atoms with Crippen LogP contribution in [0.4, 0.5) is 13.2 Å². The zero-order valence-corrected chi connectivity index (χ0v) is 18.4. The van der Waals surface area contributed by atoms with Gasteiger partial charge in [0.2, 0.25) is 5.91 Å². The fourth-order valence-corrected chi connectivity index (χ4v) is 3.54. The first-order valence-electron chi connectivity index (χ1n) is 10.6. The standard InChI is InChI=1S/C26H22F3N3O2/c1-34-21-11-9-20(10-12-21)32-24(22-6-3-7-23(28)26(22)29)15-19(31-32)8-13-25(33)30-16-17-4-2-5-18(27)14-17/h2-7,9-12,14-15H,8,13,16H2,1H3,(H,30,33). The number of amides is 1. The van der Waals surface area contributed by atoms with Crippen LogP contribution >= 0.6 is 0 Å². The molecule has 0 aliphatic rings. The Balaban J connectivity index is 1.55. The highest BCUT2D eigenvalue weighted by Gasteiger charge is 2.18. The maximum atomic E-state index is 14.6. The number of nitrogens with zero attached hydrogens (tertiary/aromatic N) is 2. The molecule has 174 valence electrons. The minimum atomic E-state index is -0.975. The molecule has 0 unspecified atom stereocenters. The number of nitrogens with one attached hydrogen (secondary N) is 1. The molecule has 1 amide bonds. The molecule has 4 rings (SSSR count). The van der Waals surface area contributed by atoms with Gasteiger partial charge in [-0.3, -0.25) is 4.79 Å². The zero-order chi connectivity index (χ0) is 24.1. The average Bonchev–Trinajstić information content (AvgIpc) is 3.27. The molecule has 3 aromatic carbocycles. The summed E-state index contributed by atoms with van der Waals surface area (Å²) in [7, 11) is 1.55. The third kappa shape index (κ3) is 5.28. The minimum absolute atomic E-state index is 0.0603. The van der Waals surface area contributed by atoms with E-state index >= 15 is 0 Å². The number of hydrogen-bond acceptors (Lipinski definition) is 3. The molecule has 34 heavy (non-hydrogen) atoms. The van der Waals surface area contributed by atoms with Crippen molar-refractivity contribution in [3.63, 3.8) is 0 Å². The van der Waals surface area contributed by atoms with Crippen LogP contribution in [0.3, 0.4) is 0 Å². The Labute approximate surface area is 194 Å². The third-order valence-corrected chi connectivity index (χ3v) is 5.29. The summed E-state index contributed by atoms with van der Waals surface area (Å²) in [6, 6.07) is 18.6. The van der Waals surface area contributed by atoms with Crippen molar-refractivity contribution in [2.75, 3.05) is 7.11 Å². The summed E-state index contributed by atoms with van der Waals surface area (Å²) in [6.07, 6.45) is 0.405. The van der Waals surface area contributed by atoms with E-state index in [1.165, 1.54) is 28.9 Å². The van der Waals surface area contributed by atoms with E-state index in [2.05, 4.69) is 10.4 Å². The van der Waals surface area contributed by atoms with E-state index in [0.29, 0.717) is 28.4 Å². The average molecular weight is 465 g/mol. The predicted octanol–water partition coefficient (Wildman–Crippen LogP) is 5.21. The van der Waals surface area contributed by atoms with Gasteiger partial charge in [0.05, 0.1) is 24.2 Å². The first-order valence-corrected chi connectivity index (χ1v) is 10.6. The molecule has 5 nitrogen and oxygen atoms in total. The topological polar surface area (TPSA) is 56.2 Å². The fourth-order valence-electron chi connectivity index (χ4n) is 3.54. The van der Waals surface area contributed by atoms with E-state index in [1.54, 1.807) is 49.6 Å². The van der Waals surface area contributed by atoms with Gasteiger partial charge in [-0.25, -0.2) is 17.9 Å². The smallest absolute Gasteiger partial charge is 0.220 e. The van der Waals surface area contributed by atoms with Gasteiger partial charge in [-0.05, 0) is 60.2 Å². The second-order valence-corrected chi connectivity index (χ2v) is 7.64. The number of carbonyl (C=O) groups is 1. The highest BCUT2D eigenvalue weighted by atomic mass is 19.2. The maximum absolute atomic E-state index is 14.6. The van der Waals surface area contributed by atoms with Crippen molar-refractivity contribution in [1.82, 2.24) is 15.1 Å². The summed E-state index contributed by atoms with van der Waals surface area (Å²) in [4.78, 5) is 12.3. The Kier molecular flexibility index (Phi) is 6.96. The highest BCUT2D eigenvalue weighted by Crippen LogP contribution is 2.29. The first-order chi connectivity index (χ1) is 16.4.